The van der Waals surface area contributed by atoms with Gasteiger partial charge in [0.2, 0.25) is 0 Å². The summed E-state index contributed by atoms with van der Waals surface area (Å²) in [6.07, 6.45) is 3.26. The minimum absolute atomic E-state index is 0.131. The van der Waals surface area contributed by atoms with Crippen LogP contribution in [0.15, 0.2) is 5.38 Å². The van der Waals surface area contributed by atoms with E-state index in [2.05, 4.69) is 15.0 Å². The number of hydrazine groups is 1. The third-order valence-electron chi connectivity index (χ3n) is 2.85. The van der Waals surface area contributed by atoms with Gasteiger partial charge in [-0.2, -0.15) is 0 Å². The molecule has 84 valence electrons. The van der Waals surface area contributed by atoms with E-state index in [1.165, 1.54) is 11.5 Å². The van der Waals surface area contributed by atoms with Gasteiger partial charge < -0.3 is 4.74 Å². The molecule has 0 aromatic carbocycles. The summed E-state index contributed by atoms with van der Waals surface area (Å²) in [5.41, 5.74) is 3.77. The Balaban J connectivity index is 1.90. The maximum absolute atomic E-state index is 5.54. The molecule has 0 aliphatic carbocycles. The van der Waals surface area contributed by atoms with Crippen molar-refractivity contribution in [2.24, 2.45) is 11.8 Å². The molecule has 1 atom stereocenters. The number of ether oxygens (including phenoxy) is 1. The fourth-order valence-corrected chi connectivity index (χ4v) is 2.42. The highest BCUT2D eigenvalue weighted by Gasteiger charge is 2.21. The molecule has 1 aliphatic rings. The van der Waals surface area contributed by atoms with Gasteiger partial charge in [0.25, 0.3) is 0 Å². The maximum atomic E-state index is 5.54. The molecule has 5 nitrogen and oxygen atoms in total. The summed E-state index contributed by atoms with van der Waals surface area (Å²) in [7, 11) is 0. The Morgan fingerprint density at radius 1 is 1.60 bits per heavy atom. The molecule has 1 fully saturated rings. The number of nitrogens with two attached hydrogens (primary N) is 1. The number of hydrogen-bond acceptors (Lipinski definition) is 6. The molecule has 1 saturated heterocycles. The lowest BCUT2D eigenvalue weighted by atomic mass is 9.92. The number of nitrogens with one attached hydrogen (secondary N) is 1. The van der Waals surface area contributed by atoms with Crippen molar-refractivity contribution in [2.45, 2.75) is 25.3 Å². The highest BCUT2D eigenvalue weighted by molar-refractivity contribution is 7.03. The van der Waals surface area contributed by atoms with Crippen LogP contribution in [-0.2, 0) is 4.74 Å². The van der Waals surface area contributed by atoms with Crippen LogP contribution in [0.4, 0.5) is 0 Å². The molecule has 2 heterocycles. The summed E-state index contributed by atoms with van der Waals surface area (Å²) in [6, 6.07) is 0.131. The van der Waals surface area contributed by atoms with Crippen LogP contribution in [0, 0.1) is 5.92 Å². The first-order valence-corrected chi connectivity index (χ1v) is 6.04. The van der Waals surface area contributed by atoms with Gasteiger partial charge in [-0.25, -0.2) is 0 Å². The Hall–Kier alpha value is -0.560. The highest BCUT2D eigenvalue weighted by Crippen LogP contribution is 2.26. The number of aromatic nitrogens is 2. The molecular weight excluding hydrogens is 212 g/mol. The minimum atomic E-state index is 0.131. The second-order valence-electron chi connectivity index (χ2n) is 3.84. The van der Waals surface area contributed by atoms with Crippen molar-refractivity contribution in [1.29, 1.82) is 0 Å². The van der Waals surface area contributed by atoms with Gasteiger partial charge in [-0.1, -0.05) is 4.49 Å². The van der Waals surface area contributed by atoms with Crippen LogP contribution in [0.25, 0.3) is 0 Å². The first-order chi connectivity index (χ1) is 7.40. The highest BCUT2D eigenvalue weighted by atomic mass is 32.1. The van der Waals surface area contributed by atoms with E-state index in [4.69, 9.17) is 10.6 Å². The predicted molar refractivity (Wildman–Crippen MR) is 58.1 cm³/mol. The lowest BCUT2D eigenvalue weighted by molar-refractivity contribution is 0.0603. The first kappa shape index (κ1) is 10.9. The van der Waals surface area contributed by atoms with Crippen molar-refractivity contribution >= 4 is 11.5 Å². The van der Waals surface area contributed by atoms with E-state index in [0.717, 1.165) is 38.2 Å². The molecule has 2 rings (SSSR count). The van der Waals surface area contributed by atoms with Gasteiger partial charge in [0.15, 0.2) is 0 Å². The molecule has 0 radical (unpaired) electrons. The smallest absolute Gasteiger partial charge is 0.0938 e. The van der Waals surface area contributed by atoms with Crippen LogP contribution in [0.3, 0.4) is 0 Å². The maximum Gasteiger partial charge on any atom is 0.0938 e. The third kappa shape index (κ3) is 2.94. The van der Waals surface area contributed by atoms with E-state index >= 15 is 0 Å². The summed E-state index contributed by atoms with van der Waals surface area (Å²) in [5, 5.41) is 6.00. The van der Waals surface area contributed by atoms with Crippen LogP contribution in [0.2, 0.25) is 0 Å². The van der Waals surface area contributed by atoms with Gasteiger partial charge >= 0.3 is 0 Å². The molecule has 1 aromatic rings. The largest absolute Gasteiger partial charge is 0.381 e. The summed E-state index contributed by atoms with van der Waals surface area (Å²) >= 11 is 1.36. The molecule has 0 bridgehead atoms. The average Bonchev–Trinajstić information content (AvgIpc) is 2.81. The van der Waals surface area contributed by atoms with E-state index < -0.39 is 0 Å². The van der Waals surface area contributed by atoms with Crippen molar-refractivity contribution in [3.05, 3.63) is 11.1 Å². The first-order valence-electron chi connectivity index (χ1n) is 5.21. The van der Waals surface area contributed by atoms with Gasteiger partial charge in [0.05, 0.1) is 11.7 Å². The number of hydrogen-bond donors (Lipinski definition) is 2. The lowest BCUT2D eigenvalue weighted by Gasteiger charge is -2.25. The van der Waals surface area contributed by atoms with Gasteiger partial charge in [-0.15, -0.1) is 5.10 Å². The number of rotatable bonds is 4. The van der Waals surface area contributed by atoms with Crippen molar-refractivity contribution in [3.63, 3.8) is 0 Å². The molecule has 1 unspecified atom stereocenters. The van der Waals surface area contributed by atoms with E-state index in [-0.39, 0.29) is 6.04 Å². The Bertz CT molecular complexity index is 274. The topological polar surface area (TPSA) is 73.1 Å². The van der Waals surface area contributed by atoms with E-state index in [9.17, 15) is 0 Å². The van der Waals surface area contributed by atoms with Crippen molar-refractivity contribution in [2.75, 3.05) is 13.2 Å². The molecular formula is C9H16N4OS. The molecule has 3 N–H and O–H groups in total. The molecule has 1 aromatic heterocycles. The summed E-state index contributed by atoms with van der Waals surface area (Å²) in [4.78, 5) is 0. The molecule has 0 spiro atoms. The minimum Gasteiger partial charge on any atom is -0.381 e. The Morgan fingerprint density at radius 2 is 2.40 bits per heavy atom. The standard InChI is InChI=1S/C9H16N4OS/c10-11-8(9-6-15-13-12-9)5-7-1-3-14-4-2-7/h6-8,11H,1-5,10H2. The fraction of sp³-hybridized carbons (Fsp3) is 0.778. The van der Waals surface area contributed by atoms with Gasteiger partial charge in [-0.3, -0.25) is 11.3 Å². The van der Waals surface area contributed by atoms with E-state index in [1.807, 2.05) is 5.38 Å². The fourth-order valence-electron chi connectivity index (χ4n) is 1.91. The number of nitrogens with zero attached hydrogens (tertiary/aromatic N) is 2. The van der Waals surface area contributed by atoms with Crippen LogP contribution in [0.5, 0.6) is 0 Å². The predicted octanol–water partition coefficient (Wildman–Crippen LogP) is 0.859. The van der Waals surface area contributed by atoms with Crippen LogP contribution in [0.1, 0.15) is 31.0 Å². The van der Waals surface area contributed by atoms with Crippen LogP contribution >= 0.6 is 11.5 Å². The quantitative estimate of drug-likeness (QED) is 0.590. The SMILES string of the molecule is NNC(CC1CCOCC1)c1csnn1. The average molecular weight is 228 g/mol. The van der Waals surface area contributed by atoms with Gasteiger partial charge in [-0.05, 0) is 36.7 Å². The second-order valence-corrected chi connectivity index (χ2v) is 4.45. The van der Waals surface area contributed by atoms with Crippen LogP contribution < -0.4 is 11.3 Å². The van der Waals surface area contributed by atoms with E-state index in [1.54, 1.807) is 0 Å². The van der Waals surface area contributed by atoms with Crippen molar-refractivity contribution in [1.82, 2.24) is 15.0 Å². The zero-order chi connectivity index (χ0) is 10.5. The third-order valence-corrected chi connectivity index (χ3v) is 3.37. The molecule has 1 aliphatic heterocycles. The van der Waals surface area contributed by atoms with E-state index in [0.29, 0.717) is 5.92 Å². The summed E-state index contributed by atoms with van der Waals surface area (Å²) in [6.45, 7) is 1.74. The lowest BCUT2D eigenvalue weighted by Crippen LogP contribution is -2.31. The summed E-state index contributed by atoms with van der Waals surface area (Å²) < 4.78 is 9.18. The van der Waals surface area contributed by atoms with Crippen molar-refractivity contribution in [3.8, 4) is 0 Å². The molecule has 6 heteroatoms. The molecule has 0 amide bonds. The molecule has 15 heavy (non-hydrogen) atoms. The zero-order valence-corrected chi connectivity index (χ0v) is 9.37. The zero-order valence-electron chi connectivity index (χ0n) is 8.56. The normalized spacial score (nSPS) is 20.3. The van der Waals surface area contributed by atoms with Crippen LogP contribution in [-0.4, -0.2) is 22.8 Å². The Morgan fingerprint density at radius 3 is 3.00 bits per heavy atom. The van der Waals surface area contributed by atoms with Gasteiger partial charge in [0.1, 0.15) is 0 Å². The molecule has 0 saturated carbocycles. The second kappa shape index (κ2) is 5.50. The summed E-state index contributed by atoms with van der Waals surface area (Å²) in [5.74, 6) is 6.22. The monoisotopic (exact) mass is 228 g/mol. The Kier molecular flexibility index (Phi) is 4.01. The van der Waals surface area contributed by atoms with Crippen molar-refractivity contribution < 1.29 is 4.74 Å². The van der Waals surface area contributed by atoms with Gasteiger partial charge in [0, 0.05) is 18.6 Å². The Labute approximate surface area is 93.1 Å².